The molecule has 410 valence electrons. The van der Waals surface area contributed by atoms with E-state index in [1.807, 2.05) is 0 Å². The second kappa shape index (κ2) is 19.4. The second-order valence-corrected chi connectivity index (χ2v) is 23.6. The Kier molecular flexibility index (Phi) is 11.2. The normalized spacial score (nSPS) is 12.2. The molecule has 4 heterocycles. The fourth-order valence-electron chi connectivity index (χ4n) is 13.9. The van der Waals surface area contributed by atoms with Crippen LogP contribution in [0.1, 0.15) is 50.7 Å². The van der Waals surface area contributed by atoms with Gasteiger partial charge in [-0.2, -0.15) is 0 Å². The van der Waals surface area contributed by atoms with Gasteiger partial charge in [-0.05, 0) is 143 Å². The quantitative estimate of drug-likeness (QED) is 0.137. The third kappa shape index (κ3) is 7.59. The largest absolute Gasteiger partial charge is 0.452 e. The first kappa shape index (κ1) is 49.8. The number of furan rings is 2. The van der Waals surface area contributed by atoms with E-state index in [-0.39, 0.29) is 0 Å². The molecular weight excluding hydrogens is 1050 g/mol. The van der Waals surface area contributed by atoms with Crippen molar-refractivity contribution < 1.29 is 8.83 Å². The molecule has 0 saturated carbocycles. The van der Waals surface area contributed by atoms with Crippen LogP contribution >= 0.6 is 0 Å². The molecule has 0 spiro atoms. The molecule has 4 aromatic heterocycles. The first-order chi connectivity index (χ1) is 42.3. The topological polar surface area (TPSA) is 42.6 Å². The maximum atomic E-state index is 7.33. The molecular formula is C80H58N4O2. The zero-order valence-electron chi connectivity index (χ0n) is 48.2. The van der Waals surface area contributed by atoms with Crippen molar-refractivity contribution >= 4 is 143 Å². The van der Waals surface area contributed by atoms with E-state index in [4.69, 9.17) is 8.83 Å². The lowest BCUT2D eigenvalue weighted by atomic mass is 9.98. The third-order valence-electron chi connectivity index (χ3n) is 18.0. The van der Waals surface area contributed by atoms with Crippen molar-refractivity contribution in [3.63, 3.8) is 0 Å². The van der Waals surface area contributed by atoms with Crippen molar-refractivity contribution in [2.45, 2.75) is 39.5 Å². The molecule has 0 aliphatic rings. The molecule has 0 radical (unpaired) electrons. The van der Waals surface area contributed by atoms with Gasteiger partial charge in [-0.25, -0.2) is 0 Å². The van der Waals surface area contributed by atoms with E-state index in [0.717, 1.165) is 122 Å². The van der Waals surface area contributed by atoms with Crippen molar-refractivity contribution in [3.05, 3.63) is 278 Å². The van der Waals surface area contributed by atoms with Crippen LogP contribution in [-0.2, 0) is 0 Å². The summed E-state index contributed by atoms with van der Waals surface area (Å²) in [5.41, 5.74) is 18.8. The molecule has 0 saturated heterocycles. The van der Waals surface area contributed by atoms with E-state index >= 15 is 0 Å². The molecule has 0 aliphatic carbocycles. The molecule has 17 rings (SSSR count). The van der Waals surface area contributed by atoms with Gasteiger partial charge < -0.3 is 27.8 Å². The van der Waals surface area contributed by atoms with Crippen LogP contribution in [0.25, 0.3) is 120 Å². The Labute approximate surface area is 497 Å². The van der Waals surface area contributed by atoms with Crippen molar-refractivity contribution in [2.75, 3.05) is 9.80 Å². The van der Waals surface area contributed by atoms with E-state index in [9.17, 15) is 0 Å². The average molecular weight is 1110 g/mol. The highest BCUT2D eigenvalue weighted by Gasteiger charge is 2.27. The highest BCUT2D eigenvalue weighted by atomic mass is 16.4. The van der Waals surface area contributed by atoms with Gasteiger partial charge in [0.2, 0.25) is 0 Å². The lowest BCUT2D eigenvalue weighted by Gasteiger charge is -2.27. The summed E-state index contributed by atoms with van der Waals surface area (Å²) >= 11 is 0. The van der Waals surface area contributed by atoms with Crippen LogP contribution in [0.3, 0.4) is 0 Å². The maximum Gasteiger partial charge on any atom is 0.178 e. The first-order valence-corrected chi connectivity index (χ1v) is 30.0. The van der Waals surface area contributed by atoms with Gasteiger partial charge in [0.15, 0.2) is 11.2 Å². The van der Waals surface area contributed by atoms with E-state index in [1.54, 1.807) is 0 Å². The Bertz CT molecular complexity index is 5190. The minimum atomic E-state index is 0.391. The van der Waals surface area contributed by atoms with Crippen LogP contribution in [0, 0.1) is 0 Å². The predicted molar refractivity (Wildman–Crippen MR) is 362 cm³/mol. The van der Waals surface area contributed by atoms with E-state index in [2.05, 4.69) is 314 Å². The molecule has 0 atom stereocenters. The summed E-state index contributed by atoms with van der Waals surface area (Å²) in [6.45, 7) is 9.01. The van der Waals surface area contributed by atoms with Crippen LogP contribution in [0.4, 0.5) is 34.1 Å². The van der Waals surface area contributed by atoms with Crippen LogP contribution in [0.5, 0.6) is 0 Å². The number of hydrogen-bond donors (Lipinski definition) is 0. The van der Waals surface area contributed by atoms with Crippen molar-refractivity contribution in [1.82, 2.24) is 9.13 Å². The number of rotatable bonds is 10. The minimum absolute atomic E-state index is 0.391. The summed E-state index contributed by atoms with van der Waals surface area (Å²) in [5.74, 6) is 0.781. The number of nitrogens with zero attached hydrogens (tertiary/aromatic N) is 4. The highest BCUT2D eigenvalue weighted by molar-refractivity contribution is 6.30. The van der Waals surface area contributed by atoms with E-state index in [0.29, 0.717) is 11.8 Å². The molecule has 6 heteroatoms. The molecule has 0 aliphatic heterocycles. The molecule has 13 aromatic carbocycles. The Morgan fingerprint density at radius 3 is 1.01 bits per heavy atom. The fourth-order valence-corrected chi connectivity index (χ4v) is 13.9. The van der Waals surface area contributed by atoms with Gasteiger partial charge in [-0.1, -0.05) is 173 Å². The SMILES string of the molecule is CC(C)c1ccc(N(c2ccc3c(c2)c2ccccc2n3-c2ccccc2)c2cc3oc4c(ccc5c4oc4cc(N(c6ccc(C(C)C)cc6)c6ccc7c(c6)c6ccccc6n7-c6ccccc6)c6ccccc6c45)c3c3ccccc23)cc1. The molecule has 0 N–H and O–H groups in total. The van der Waals surface area contributed by atoms with E-state index < -0.39 is 0 Å². The Balaban J connectivity index is 0.875. The van der Waals surface area contributed by atoms with Gasteiger partial charge in [0.05, 0.1) is 33.4 Å². The Hall–Kier alpha value is -10.8. The van der Waals surface area contributed by atoms with Crippen molar-refractivity contribution in [1.29, 1.82) is 0 Å². The van der Waals surface area contributed by atoms with Gasteiger partial charge in [0.25, 0.3) is 0 Å². The molecule has 0 unspecified atom stereocenters. The maximum absolute atomic E-state index is 7.33. The summed E-state index contributed by atoms with van der Waals surface area (Å²) in [6, 6.07) is 97.5. The van der Waals surface area contributed by atoms with Crippen molar-refractivity contribution in [3.8, 4) is 11.4 Å². The smallest absolute Gasteiger partial charge is 0.178 e. The molecule has 17 aromatic rings. The first-order valence-electron chi connectivity index (χ1n) is 30.0. The number of aromatic nitrogens is 2. The highest BCUT2D eigenvalue weighted by Crippen LogP contribution is 2.51. The van der Waals surface area contributed by atoms with Crippen LogP contribution in [0.2, 0.25) is 0 Å². The summed E-state index contributed by atoms with van der Waals surface area (Å²) in [4.78, 5) is 4.83. The average Bonchev–Trinajstić information content (AvgIpc) is 1.64. The lowest BCUT2D eigenvalue weighted by molar-refractivity contribution is 0.633. The van der Waals surface area contributed by atoms with Gasteiger partial charge in [0, 0.05) is 100 Å². The molecule has 0 bridgehead atoms. The summed E-state index contributed by atoms with van der Waals surface area (Å²) in [6.07, 6.45) is 0. The lowest BCUT2D eigenvalue weighted by Crippen LogP contribution is -2.11. The zero-order valence-corrected chi connectivity index (χ0v) is 48.2. The molecule has 6 nitrogen and oxygen atoms in total. The van der Waals surface area contributed by atoms with Crippen molar-refractivity contribution in [2.24, 2.45) is 0 Å². The third-order valence-corrected chi connectivity index (χ3v) is 18.0. The van der Waals surface area contributed by atoms with Gasteiger partial charge in [-0.3, -0.25) is 0 Å². The van der Waals surface area contributed by atoms with Crippen LogP contribution < -0.4 is 9.80 Å². The van der Waals surface area contributed by atoms with Gasteiger partial charge >= 0.3 is 0 Å². The Morgan fingerprint density at radius 1 is 0.279 bits per heavy atom. The van der Waals surface area contributed by atoms with Gasteiger partial charge in [0.1, 0.15) is 11.2 Å². The van der Waals surface area contributed by atoms with E-state index in [1.165, 1.54) is 43.7 Å². The standard InChI is InChI=1S/C80H58N4O2/c1-49(2)51-31-35-55(36-32-51)81(57-39-43-71-67(45-57)61-25-15-17-29-69(61)83(71)53-19-7-5-8-20-53)73-47-75-77(63-27-13-11-23-59(63)73)65-41-42-66-78-64-28-14-12-24-60(64)74(48-76(78)86-80(66)79(65)85-75)82(56-37-33-52(34-38-56)50(3)4)58-40-44-72-68(46-58)62-26-16-18-30-70(62)84(72)54-21-9-6-10-22-54/h5-50H,1-4H3. The molecule has 0 fully saturated rings. The minimum Gasteiger partial charge on any atom is -0.452 e. The monoisotopic (exact) mass is 1110 g/mol. The van der Waals surface area contributed by atoms with Crippen LogP contribution in [-0.4, -0.2) is 9.13 Å². The summed E-state index contributed by atoms with van der Waals surface area (Å²) in [7, 11) is 0. The predicted octanol–water partition coefficient (Wildman–Crippen LogP) is 23.2. The number of fused-ring (bicyclic) bond motifs is 17. The zero-order chi connectivity index (χ0) is 57.3. The summed E-state index contributed by atoms with van der Waals surface area (Å²) in [5, 5.41) is 13.4. The fraction of sp³-hybridized carbons (Fsp3) is 0.0750. The Morgan fingerprint density at radius 2 is 0.616 bits per heavy atom. The van der Waals surface area contributed by atoms with Gasteiger partial charge in [-0.15, -0.1) is 0 Å². The second-order valence-electron chi connectivity index (χ2n) is 23.6. The van der Waals surface area contributed by atoms with Crippen LogP contribution in [0.15, 0.2) is 276 Å². The number of benzene rings is 13. The number of hydrogen-bond acceptors (Lipinski definition) is 4. The number of para-hydroxylation sites is 4. The summed E-state index contributed by atoms with van der Waals surface area (Å²) < 4.78 is 19.4. The molecule has 86 heavy (non-hydrogen) atoms. The number of anilines is 6. The molecule has 0 amide bonds.